The smallest absolute Gasteiger partial charge is 0.119 e. The van der Waals surface area contributed by atoms with Gasteiger partial charge in [-0.2, -0.15) is 0 Å². The summed E-state index contributed by atoms with van der Waals surface area (Å²) in [7, 11) is 1.69. The van der Waals surface area contributed by atoms with Crippen molar-refractivity contribution >= 4 is 0 Å². The summed E-state index contributed by atoms with van der Waals surface area (Å²) in [5.41, 5.74) is 5.09. The van der Waals surface area contributed by atoms with E-state index >= 15 is 0 Å². The van der Waals surface area contributed by atoms with Gasteiger partial charge in [-0.3, -0.25) is 0 Å². The third-order valence-electron chi connectivity index (χ3n) is 3.43. The van der Waals surface area contributed by atoms with Crippen LogP contribution in [0.4, 0.5) is 0 Å². The zero-order chi connectivity index (χ0) is 13.8. The summed E-state index contributed by atoms with van der Waals surface area (Å²) in [6.45, 7) is 8.36. The van der Waals surface area contributed by atoms with Crippen LogP contribution >= 0.6 is 0 Å². The van der Waals surface area contributed by atoms with E-state index in [0.717, 1.165) is 18.8 Å². The maximum atomic E-state index is 5.20. The van der Waals surface area contributed by atoms with Crippen molar-refractivity contribution in [1.29, 1.82) is 0 Å². The van der Waals surface area contributed by atoms with Crippen LogP contribution in [0.15, 0.2) is 30.3 Å². The molecule has 102 valence electrons. The maximum absolute atomic E-state index is 5.20. The van der Waals surface area contributed by atoms with Crippen LogP contribution in [0, 0.1) is 13.8 Å². The van der Waals surface area contributed by atoms with E-state index in [4.69, 9.17) is 4.74 Å². The minimum atomic E-state index is 0.888. The molecule has 3 heteroatoms. The van der Waals surface area contributed by atoms with Crippen LogP contribution in [-0.4, -0.2) is 18.2 Å². The molecule has 0 unspecified atom stereocenters. The Hall–Kier alpha value is -1.74. The second kappa shape index (κ2) is 5.93. The summed E-state index contributed by atoms with van der Waals surface area (Å²) in [6.07, 6.45) is 0. The predicted octanol–water partition coefficient (Wildman–Crippen LogP) is 3.21. The van der Waals surface area contributed by atoms with Gasteiger partial charge in [-0.15, -0.1) is 0 Å². The summed E-state index contributed by atoms with van der Waals surface area (Å²) in [4.78, 5) is 0. The number of ether oxygens (including phenoxy) is 1. The molecular formula is C16H22N2O. The number of nitrogens with zero attached hydrogens (tertiary/aromatic N) is 1. The zero-order valence-corrected chi connectivity index (χ0v) is 12.2. The predicted molar refractivity (Wildman–Crippen MR) is 79.2 cm³/mol. The number of methoxy groups -OCH3 is 1. The molecule has 0 amide bonds. The van der Waals surface area contributed by atoms with Gasteiger partial charge in [-0.25, -0.2) is 0 Å². The standard InChI is InChI=1S/C16H22N2O/c1-5-17-11-14-10-12(2)18(13(14)3)15-6-8-16(19-4)9-7-15/h6-10,17H,5,11H2,1-4H3. The van der Waals surface area contributed by atoms with Gasteiger partial charge in [0.15, 0.2) is 0 Å². The molecule has 0 atom stereocenters. The summed E-state index contributed by atoms with van der Waals surface area (Å²) in [5.74, 6) is 0.888. The Balaban J connectivity index is 2.35. The van der Waals surface area contributed by atoms with Crippen LogP contribution in [0.2, 0.25) is 0 Å². The average molecular weight is 258 g/mol. The van der Waals surface area contributed by atoms with E-state index < -0.39 is 0 Å². The normalized spacial score (nSPS) is 10.7. The summed E-state index contributed by atoms with van der Waals surface area (Å²) in [6, 6.07) is 10.4. The first kappa shape index (κ1) is 13.7. The number of rotatable bonds is 5. The first-order chi connectivity index (χ1) is 9.17. The molecule has 0 bridgehead atoms. The van der Waals surface area contributed by atoms with Gasteiger partial charge in [0.2, 0.25) is 0 Å². The minimum absolute atomic E-state index is 0.888. The molecule has 0 aliphatic carbocycles. The Bertz CT molecular complexity index is 541. The molecule has 3 nitrogen and oxygen atoms in total. The third-order valence-corrected chi connectivity index (χ3v) is 3.43. The molecule has 2 aromatic rings. The van der Waals surface area contributed by atoms with Crippen molar-refractivity contribution in [3.8, 4) is 11.4 Å². The molecule has 1 aromatic carbocycles. The number of aromatic nitrogens is 1. The third kappa shape index (κ3) is 2.82. The second-order valence-corrected chi connectivity index (χ2v) is 4.71. The van der Waals surface area contributed by atoms with Crippen molar-refractivity contribution in [2.45, 2.75) is 27.3 Å². The van der Waals surface area contributed by atoms with Gasteiger partial charge in [-0.1, -0.05) is 6.92 Å². The highest BCUT2D eigenvalue weighted by atomic mass is 16.5. The van der Waals surface area contributed by atoms with E-state index in [0.29, 0.717) is 0 Å². The van der Waals surface area contributed by atoms with E-state index in [1.807, 2.05) is 12.1 Å². The molecule has 0 spiro atoms. The van der Waals surface area contributed by atoms with E-state index in [-0.39, 0.29) is 0 Å². The molecule has 0 radical (unpaired) electrons. The molecule has 1 heterocycles. The number of hydrogen-bond acceptors (Lipinski definition) is 2. The molecule has 2 rings (SSSR count). The lowest BCUT2D eigenvalue weighted by Crippen LogP contribution is -2.12. The molecular weight excluding hydrogens is 236 g/mol. The van der Waals surface area contributed by atoms with Crippen molar-refractivity contribution in [3.63, 3.8) is 0 Å². The molecule has 19 heavy (non-hydrogen) atoms. The van der Waals surface area contributed by atoms with Crippen molar-refractivity contribution < 1.29 is 4.74 Å². The quantitative estimate of drug-likeness (QED) is 0.891. The fourth-order valence-electron chi connectivity index (χ4n) is 2.40. The van der Waals surface area contributed by atoms with Crippen LogP contribution < -0.4 is 10.1 Å². The largest absolute Gasteiger partial charge is 0.497 e. The Morgan fingerprint density at radius 3 is 2.42 bits per heavy atom. The summed E-state index contributed by atoms with van der Waals surface area (Å²) < 4.78 is 7.49. The Labute approximate surface area is 115 Å². The molecule has 0 saturated carbocycles. The molecule has 1 aromatic heterocycles. The number of benzene rings is 1. The van der Waals surface area contributed by atoms with Crippen LogP contribution in [-0.2, 0) is 6.54 Å². The van der Waals surface area contributed by atoms with E-state index in [1.165, 1.54) is 22.6 Å². The van der Waals surface area contributed by atoms with Gasteiger partial charge >= 0.3 is 0 Å². The van der Waals surface area contributed by atoms with Crippen LogP contribution in [0.1, 0.15) is 23.9 Å². The Morgan fingerprint density at radius 1 is 1.16 bits per heavy atom. The maximum Gasteiger partial charge on any atom is 0.119 e. The highest BCUT2D eigenvalue weighted by Crippen LogP contribution is 2.22. The number of nitrogens with one attached hydrogen (secondary N) is 1. The van der Waals surface area contributed by atoms with Gasteiger partial charge in [0.1, 0.15) is 5.75 Å². The van der Waals surface area contributed by atoms with Gasteiger partial charge < -0.3 is 14.6 Å². The molecule has 0 aliphatic rings. The Kier molecular flexibility index (Phi) is 4.27. The van der Waals surface area contributed by atoms with Gasteiger partial charge in [0, 0.05) is 23.6 Å². The Morgan fingerprint density at radius 2 is 1.84 bits per heavy atom. The highest BCUT2D eigenvalue weighted by molar-refractivity contribution is 5.43. The van der Waals surface area contributed by atoms with Gasteiger partial charge in [-0.05, 0) is 56.3 Å². The fourth-order valence-corrected chi connectivity index (χ4v) is 2.40. The zero-order valence-electron chi connectivity index (χ0n) is 12.2. The molecule has 1 N–H and O–H groups in total. The van der Waals surface area contributed by atoms with Crippen molar-refractivity contribution in [2.24, 2.45) is 0 Å². The van der Waals surface area contributed by atoms with Crippen molar-refractivity contribution in [1.82, 2.24) is 9.88 Å². The van der Waals surface area contributed by atoms with Gasteiger partial charge in [0.05, 0.1) is 7.11 Å². The highest BCUT2D eigenvalue weighted by Gasteiger charge is 2.10. The van der Waals surface area contributed by atoms with E-state index in [9.17, 15) is 0 Å². The molecule has 0 fully saturated rings. The summed E-state index contributed by atoms with van der Waals surface area (Å²) in [5, 5.41) is 3.38. The number of hydrogen-bond donors (Lipinski definition) is 1. The van der Waals surface area contributed by atoms with Gasteiger partial charge in [0.25, 0.3) is 0 Å². The fraction of sp³-hybridized carbons (Fsp3) is 0.375. The SMILES string of the molecule is CCNCc1cc(C)n(-c2ccc(OC)cc2)c1C. The van der Waals surface area contributed by atoms with E-state index in [2.05, 4.69) is 48.9 Å². The van der Waals surface area contributed by atoms with Crippen molar-refractivity contribution in [2.75, 3.05) is 13.7 Å². The summed E-state index contributed by atoms with van der Waals surface area (Å²) >= 11 is 0. The molecule has 0 saturated heterocycles. The van der Waals surface area contributed by atoms with Crippen LogP contribution in [0.3, 0.4) is 0 Å². The topological polar surface area (TPSA) is 26.2 Å². The lowest BCUT2D eigenvalue weighted by atomic mass is 10.2. The van der Waals surface area contributed by atoms with E-state index in [1.54, 1.807) is 7.11 Å². The van der Waals surface area contributed by atoms with Crippen LogP contribution in [0.25, 0.3) is 5.69 Å². The lowest BCUT2D eigenvalue weighted by Gasteiger charge is -2.11. The monoisotopic (exact) mass is 258 g/mol. The van der Waals surface area contributed by atoms with Crippen molar-refractivity contribution in [3.05, 3.63) is 47.3 Å². The average Bonchev–Trinajstić information content (AvgIpc) is 2.71. The first-order valence-electron chi connectivity index (χ1n) is 6.70. The molecule has 0 aliphatic heterocycles. The number of aryl methyl sites for hydroxylation is 1. The second-order valence-electron chi connectivity index (χ2n) is 4.71. The lowest BCUT2D eigenvalue weighted by molar-refractivity contribution is 0.414. The minimum Gasteiger partial charge on any atom is -0.497 e. The van der Waals surface area contributed by atoms with Crippen LogP contribution in [0.5, 0.6) is 5.75 Å². The first-order valence-corrected chi connectivity index (χ1v) is 6.70.